The molecule has 1 aliphatic rings. The molecule has 21 heavy (non-hydrogen) atoms. The van der Waals surface area contributed by atoms with Crippen LogP contribution >= 0.6 is 23.2 Å². The van der Waals surface area contributed by atoms with Gasteiger partial charge in [-0.1, -0.05) is 56.7 Å². The predicted molar refractivity (Wildman–Crippen MR) is 94.5 cm³/mol. The fraction of sp³-hybridized carbons (Fsp3) is 0.684. The van der Waals surface area contributed by atoms with Gasteiger partial charge in [-0.15, -0.1) is 11.6 Å². The molecule has 1 atom stereocenters. The molecule has 2 heteroatoms. The lowest BCUT2D eigenvalue weighted by Crippen LogP contribution is -2.18. The van der Waals surface area contributed by atoms with Crippen LogP contribution in [0.3, 0.4) is 0 Å². The number of rotatable bonds is 5. The fourth-order valence-corrected chi connectivity index (χ4v) is 4.36. The number of alkyl halides is 1. The number of halogens is 2. The highest BCUT2D eigenvalue weighted by molar-refractivity contribution is 6.33. The summed E-state index contributed by atoms with van der Waals surface area (Å²) in [5, 5.41) is 0.912. The van der Waals surface area contributed by atoms with Crippen LogP contribution in [0.25, 0.3) is 0 Å². The molecule has 2 rings (SSSR count). The summed E-state index contributed by atoms with van der Waals surface area (Å²) in [4.78, 5) is 0. The molecule has 1 aromatic rings. The summed E-state index contributed by atoms with van der Waals surface area (Å²) in [7, 11) is 0. The highest BCUT2D eigenvalue weighted by Gasteiger charge is 2.28. The zero-order chi connectivity index (χ0) is 15.4. The maximum absolute atomic E-state index is 6.78. The molecule has 0 aliphatic heterocycles. The molecule has 1 saturated carbocycles. The van der Waals surface area contributed by atoms with Crippen LogP contribution in [0.15, 0.2) is 12.1 Å². The normalized spacial score (nSPS) is 24.0. The maximum Gasteiger partial charge on any atom is 0.0628 e. The molecule has 0 radical (unpaired) electrons. The summed E-state index contributed by atoms with van der Waals surface area (Å²) in [5.74, 6) is 1.52. The molecular formula is C19H28Cl2. The van der Waals surface area contributed by atoms with Gasteiger partial charge in [0.2, 0.25) is 0 Å². The summed E-state index contributed by atoms with van der Waals surface area (Å²) in [6.45, 7) is 6.52. The Morgan fingerprint density at radius 1 is 1.10 bits per heavy atom. The van der Waals surface area contributed by atoms with E-state index in [0.29, 0.717) is 5.92 Å². The number of unbranched alkanes of at least 4 members (excludes halogenated alkanes) is 1. The van der Waals surface area contributed by atoms with Crippen molar-refractivity contribution in [2.75, 3.05) is 0 Å². The molecular weight excluding hydrogens is 299 g/mol. The highest BCUT2D eigenvalue weighted by Crippen LogP contribution is 2.43. The lowest BCUT2D eigenvalue weighted by molar-refractivity contribution is 0.254. The van der Waals surface area contributed by atoms with Gasteiger partial charge in [0, 0.05) is 5.02 Å². The zero-order valence-corrected chi connectivity index (χ0v) is 15.1. The van der Waals surface area contributed by atoms with Gasteiger partial charge in [-0.05, 0) is 61.3 Å². The first-order valence-corrected chi connectivity index (χ1v) is 9.25. The van der Waals surface area contributed by atoms with Crippen LogP contribution in [-0.2, 0) is 0 Å². The lowest BCUT2D eigenvalue weighted by atomic mass is 9.77. The highest BCUT2D eigenvalue weighted by atomic mass is 35.5. The van der Waals surface area contributed by atoms with Crippen LogP contribution in [0.1, 0.15) is 73.9 Å². The van der Waals surface area contributed by atoms with Crippen molar-refractivity contribution in [3.63, 3.8) is 0 Å². The van der Waals surface area contributed by atoms with E-state index in [2.05, 4.69) is 32.9 Å². The Hall–Kier alpha value is -0.200. The molecule has 0 nitrogen and oxygen atoms in total. The number of aryl methyl sites for hydroxylation is 2. The van der Waals surface area contributed by atoms with Gasteiger partial charge in [0.25, 0.3) is 0 Å². The Morgan fingerprint density at radius 2 is 1.71 bits per heavy atom. The topological polar surface area (TPSA) is 0 Å². The summed E-state index contributed by atoms with van der Waals surface area (Å²) >= 11 is 13.2. The second-order valence-electron chi connectivity index (χ2n) is 6.78. The van der Waals surface area contributed by atoms with Gasteiger partial charge in [0.05, 0.1) is 5.38 Å². The average molecular weight is 327 g/mol. The van der Waals surface area contributed by atoms with Crippen molar-refractivity contribution in [3.8, 4) is 0 Å². The fourth-order valence-electron chi connectivity index (χ4n) is 3.53. The molecule has 0 saturated heterocycles. The molecule has 0 heterocycles. The summed E-state index contributed by atoms with van der Waals surface area (Å²) in [6, 6.07) is 4.26. The van der Waals surface area contributed by atoms with Crippen molar-refractivity contribution in [1.29, 1.82) is 0 Å². The van der Waals surface area contributed by atoms with Crippen LogP contribution in [0.2, 0.25) is 5.02 Å². The van der Waals surface area contributed by atoms with Gasteiger partial charge in [-0.2, -0.15) is 0 Å². The standard InChI is InChI=1S/C19H28Cl2/c1-4-5-6-15-7-9-16(10-8-15)19(21)17-11-13(2)14(3)12-18(17)20/h11-12,15-16,19H,4-10H2,1-3H3. The minimum absolute atomic E-state index is 0.0731. The molecule has 1 aromatic carbocycles. The second-order valence-corrected chi connectivity index (χ2v) is 7.66. The molecule has 0 amide bonds. The van der Waals surface area contributed by atoms with E-state index in [1.54, 1.807) is 0 Å². The van der Waals surface area contributed by atoms with E-state index in [0.717, 1.165) is 16.5 Å². The minimum Gasteiger partial charge on any atom is -0.117 e. The van der Waals surface area contributed by atoms with Crippen molar-refractivity contribution in [3.05, 3.63) is 33.8 Å². The Balaban J connectivity index is 1.99. The molecule has 1 fully saturated rings. The molecule has 0 spiro atoms. The molecule has 0 bridgehead atoms. The SMILES string of the molecule is CCCCC1CCC(C(Cl)c2cc(C)c(C)cc2Cl)CC1. The molecule has 1 aliphatic carbocycles. The lowest BCUT2D eigenvalue weighted by Gasteiger charge is -2.32. The van der Waals surface area contributed by atoms with Crippen LogP contribution in [0.5, 0.6) is 0 Å². The van der Waals surface area contributed by atoms with E-state index in [9.17, 15) is 0 Å². The molecule has 0 aromatic heterocycles. The maximum atomic E-state index is 6.78. The van der Waals surface area contributed by atoms with E-state index in [4.69, 9.17) is 23.2 Å². The van der Waals surface area contributed by atoms with E-state index in [1.165, 1.54) is 56.1 Å². The van der Waals surface area contributed by atoms with Gasteiger partial charge >= 0.3 is 0 Å². The number of benzene rings is 1. The van der Waals surface area contributed by atoms with E-state index in [1.807, 2.05) is 0 Å². The first-order chi connectivity index (χ1) is 10.0. The Labute approximate surface area is 140 Å². The summed E-state index contributed by atoms with van der Waals surface area (Å²) in [6.07, 6.45) is 9.30. The number of hydrogen-bond acceptors (Lipinski definition) is 0. The van der Waals surface area contributed by atoms with Gasteiger partial charge in [-0.3, -0.25) is 0 Å². The quantitative estimate of drug-likeness (QED) is 0.500. The van der Waals surface area contributed by atoms with Crippen molar-refractivity contribution in [2.45, 2.75) is 71.1 Å². The number of hydrogen-bond donors (Lipinski definition) is 0. The Kier molecular flexibility index (Phi) is 6.44. The van der Waals surface area contributed by atoms with E-state index >= 15 is 0 Å². The average Bonchev–Trinajstić information content (AvgIpc) is 2.48. The largest absolute Gasteiger partial charge is 0.117 e. The monoisotopic (exact) mass is 326 g/mol. The Morgan fingerprint density at radius 3 is 2.33 bits per heavy atom. The first kappa shape index (κ1) is 17.2. The molecule has 1 unspecified atom stereocenters. The van der Waals surface area contributed by atoms with Gasteiger partial charge in [-0.25, -0.2) is 0 Å². The Bertz CT molecular complexity index is 459. The second kappa shape index (κ2) is 7.88. The summed E-state index contributed by atoms with van der Waals surface area (Å²) in [5.41, 5.74) is 3.67. The van der Waals surface area contributed by atoms with Crippen LogP contribution in [0, 0.1) is 25.7 Å². The zero-order valence-electron chi connectivity index (χ0n) is 13.6. The first-order valence-electron chi connectivity index (χ1n) is 8.43. The van der Waals surface area contributed by atoms with E-state index in [-0.39, 0.29) is 5.38 Å². The third kappa shape index (κ3) is 4.39. The van der Waals surface area contributed by atoms with Crippen LogP contribution < -0.4 is 0 Å². The van der Waals surface area contributed by atoms with Crippen LogP contribution in [-0.4, -0.2) is 0 Å². The third-order valence-corrected chi connectivity index (χ3v) is 6.10. The van der Waals surface area contributed by atoms with Crippen molar-refractivity contribution >= 4 is 23.2 Å². The minimum atomic E-state index is 0.0731. The van der Waals surface area contributed by atoms with Crippen molar-refractivity contribution in [2.24, 2.45) is 11.8 Å². The van der Waals surface area contributed by atoms with Gasteiger partial charge < -0.3 is 0 Å². The molecule has 118 valence electrons. The third-order valence-electron chi connectivity index (χ3n) is 5.18. The van der Waals surface area contributed by atoms with Crippen molar-refractivity contribution in [1.82, 2.24) is 0 Å². The summed E-state index contributed by atoms with van der Waals surface area (Å²) < 4.78 is 0. The van der Waals surface area contributed by atoms with E-state index < -0.39 is 0 Å². The predicted octanol–water partition coefficient (Wildman–Crippen LogP) is 7.23. The molecule has 0 N–H and O–H groups in total. The van der Waals surface area contributed by atoms with Crippen molar-refractivity contribution < 1.29 is 0 Å². The smallest absolute Gasteiger partial charge is 0.0628 e. The van der Waals surface area contributed by atoms with Gasteiger partial charge in [0.15, 0.2) is 0 Å². The van der Waals surface area contributed by atoms with Crippen LogP contribution in [0.4, 0.5) is 0 Å². The van der Waals surface area contributed by atoms with Gasteiger partial charge in [0.1, 0.15) is 0 Å².